The van der Waals surface area contributed by atoms with Gasteiger partial charge in [-0.25, -0.2) is 0 Å². The Kier molecular flexibility index (Phi) is 3.17. The van der Waals surface area contributed by atoms with Crippen LogP contribution in [0.1, 0.15) is 31.9 Å². The van der Waals surface area contributed by atoms with E-state index in [1.807, 2.05) is 18.2 Å². The van der Waals surface area contributed by atoms with Gasteiger partial charge in [0.2, 0.25) is 0 Å². The van der Waals surface area contributed by atoms with Crippen molar-refractivity contribution in [3.63, 3.8) is 0 Å². The van der Waals surface area contributed by atoms with Crippen LogP contribution in [0.5, 0.6) is 5.75 Å². The Morgan fingerprint density at radius 2 is 1.93 bits per heavy atom. The second-order valence-electron chi connectivity index (χ2n) is 4.40. The standard InChI is InChI=1S/C12H18O2/c1-12(2,3)11-9(8-13)6-5-7-10(11)14-4/h5-7,13H,8H2,1-4H3. The summed E-state index contributed by atoms with van der Waals surface area (Å²) in [6.07, 6.45) is 0. The Bertz CT molecular complexity index is 288. The molecule has 0 aliphatic carbocycles. The summed E-state index contributed by atoms with van der Waals surface area (Å²) < 4.78 is 5.30. The van der Waals surface area contributed by atoms with Crippen molar-refractivity contribution in [1.29, 1.82) is 0 Å². The monoisotopic (exact) mass is 194 g/mol. The minimum Gasteiger partial charge on any atom is -0.496 e. The first-order chi connectivity index (χ1) is 6.50. The molecule has 0 radical (unpaired) electrons. The fourth-order valence-electron chi connectivity index (χ4n) is 1.73. The van der Waals surface area contributed by atoms with Crippen LogP contribution in [0.15, 0.2) is 18.2 Å². The number of benzene rings is 1. The SMILES string of the molecule is COc1cccc(CO)c1C(C)(C)C. The Hall–Kier alpha value is -1.02. The molecule has 78 valence electrons. The molecule has 0 amide bonds. The molecule has 14 heavy (non-hydrogen) atoms. The van der Waals surface area contributed by atoms with Gasteiger partial charge in [-0.15, -0.1) is 0 Å². The molecule has 1 aromatic carbocycles. The summed E-state index contributed by atoms with van der Waals surface area (Å²) in [5.41, 5.74) is 2.02. The van der Waals surface area contributed by atoms with E-state index in [4.69, 9.17) is 4.74 Å². The first-order valence-corrected chi connectivity index (χ1v) is 4.78. The maximum atomic E-state index is 9.25. The maximum Gasteiger partial charge on any atom is 0.122 e. The van der Waals surface area contributed by atoms with Crippen molar-refractivity contribution in [3.05, 3.63) is 29.3 Å². The molecule has 0 fully saturated rings. The van der Waals surface area contributed by atoms with E-state index in [9.17, 15) is 5.11 Å². The summed E-state index contributed by atoms with van der Waals surface area (Å²) in [6, 6.07) is 5.77. The minimum atomic E-state index is -0.00926. The highest BCUT2D eigenvalue weighted by Gasteiger charge is 2.21. The van der Waals surface area contributed by atoms with Crippen molar-refractivity contribution in [1.82, 2.24) is 0 Å². The average molecular weight is 194 g/mol. The van der Waals surface area contributed by atoms with Crippen molar-refractivity contribution < 1.29 is 9.84 Å². The number of hydrogen-bond donors (Lipinski definition) is 1. The van der Waals surface area contributed by atoms with Crippen LogP contribution in [-0.2, 0) is 12.0 Å². The van der Waals surface area contributed by atoms with Crippen LogP contribution in [0.2, 0.25) is 0 Å². The van der Waals surface area contributed by atoms with E-state index in [1.54, 1.807) is 7.11 Å². The highest BCUT2D eigenvalue weighted by atomic mass is 16.5. The minimum absolute atomic E-state index is 0.00926. The molecule has 0 atom stereocenters. The van der Waals surface area contributed by atoms with E-state index in [0.29, 0.717) is 0 Å². The van der Waals surface area contributed by atoms with Gasteiger partial charge in [0.05, 0.1) is 13.7 Å². The average Bonchev–Trinajstić information content (AvgIpc) is 2.15. The zero-order valence-electron chi connectivity index (χ0n) is 9.29. The van der Waals surface area contributed by atoms with Crippen molar-refractivity contribution in [3.8, 4) is 5.75 Å². The van der Waals surface area contributed by atoms with Gasteiger partial charge in [0, 0.05) is 5.56 Å². The molecule has 2 nitrogen and oxygen atoms in total. The lowest BCUT2D eigenvalue weighted by molar-refractivity contribution is 0.276. The predicted octanol–water partition coefficient (Wildman–Crippen LogP) is 2.49. The van der Waals surface area contributed by atoms with Gasteiger partial charge in [0.1, 0.15) is 5.75 Å². The molecular weight excluding hydrogens is 176 g/mol. The third-order valence-corrected chi connectivity index (χ3v) is 2.25. The third kappa shape index (κ3) is 2.07. The number of rotatable bonds is 2. The molecule has 0 aliphatic rings. The fraction of sp³-hybridized carbons (Fsp3) is 0.500. The summed E-state index contributed by atoms with van der Waals surface area (Å²) in [6.45, 7) is 6.40. The molecule has 0 heterocycles. The Morgan fingerprint density at radius 3 is 2.36 bits per heavy atom. The summed E-state index contributed by atoms with van der Waals surface area (Å²) in [5, 5.41) is 9.25. The van der Waals surface area contributed by atoms with Crippen LogP contribution < -0.4 is 4.74 Å². The predicted molar refractivity (Wildman–Crippen MR) is 57.6 cm³/mol. The van der Waals surface area contributed by atoms with Gasteiger partial charge in [-0.2, -0.15) is 0 Å². The van der Waals surface area contributed by atoms with Gasteiger partial charge in [-0.05, 0) is 17.0 Å². The van der Waals surface area contributed by atoms with Crippen LogP contribution in [0.25, 0.3) is 0 Å². The summed E-state index contributed by atoms with van der Waals surface area (Å²) in [4.78, 5) is 0. The number of hydrogen-bond acceptors (Lipinski definition) is 2. The number of methoxy groups -OCH3 is 1. The van der Waals surface area contributed by atoms with E-state index in [2.05, 4.69) is 20.8 Å². The second-order valence-corrected chi connectivity index (χ2v) is 4.40. The zero-order chi connectivity index (χ0) is 10.8. The van der Waals surface area contributed by atoms with E-state index < -0.39 is 0 Å². The molecule has 0 saturated heterocycles. The molecule has 0 bridgehead atoms. The van der Waals surface area contributed by atoms with Crippen LogP contribution in [0, 0.1) is 0 Å². The zero-order valence-corrected chi connectivity index (χ0v) is 9.29. The van der Waals surface area contributed by atoms with E-state index >= 15 is 0 Å². The lowest BCUT2D eigenvalue weighted by Crippen LogP contribution is -2.15. The molecule has 0 spiro atoms. The molecule has 1 rings (SSSR count). The van der Waals surface area contributed by atoms with Crippen LogP contribution in [0.4, 0.5) is 0 Å². The van der Waals surface area contributed by atoms with Crippen LogP contribution in [-0.4, -0.2) is 12.2 Å². The quantitative estimate of drug-likeness (QED) is 0.783. The van der Waals surface area contributed by atoms with Gasteiger partial charge in [-0.1, -0.05) is 32.9 Å². The normalized spacial score (nSPS) is 11.5. The third-order valence-electron chi connectivity index (χ3n) is 2.25. The van der Waals surface area contributed by atoms with Crippen molar-refractivity contribution in [2.24, 2.45) is 0 Å². The van der Waals surface area contributed by atoms with Crippen LogP contribution in [0.3, 0.4) is 0 Å². The van der Waals surface area contributed by atoms with Crippen LogP contribution >= 0.6 is 0 Å². The number of ether oxygens (including phenoxy) is 1. The fourth-order valence-corrected chi connectivity index (χ4v) is 1.73. The van der Waals surface area contributed by atoms with E-state index in [1.165, 1.54) is 0 Å². The molecule has 1 N–H and O–H groups in total. The molecule has 0 aromatic heterocycles. The highest BCUT2D eigenvalue weighted by molar-refractivity contribution is 5.44. The first kappa shape index (κ1) is 11.1. The second kappa shape index (κ2) is 4.01. The van der Waals surface area contributed by atoms with Gasteiger partial charge >= 0.3 is 0 Å². The Morgan fingerprint density at radius 1 is 1.29 bits per heavy atom. The van der Waals surface area contributed by atoms with Gasteiger partial charge < -0.3 is 9.84 Å². The largest absolute Gasteiger partial charge is 0.496 e. The number of aliphatic hydroxyl groups is 1. The van der Waals surface area contributed by atoms with Crippen molar-refractivity contribution in [2.75, 3.05) is 7.11 Å². The summed E-state index contributed by atoms with van der Waals surface area (Å²) >= 11 is 0. The molecular formula is C12H18O2. The van der Waals surface area contributed by atoms with Crippen molar-refractivity contribution in [2.45, 2.75) is 32.8 Å². The smallest absolute Gasteiger partial charge is 0.122 e. The molecule has 0 aliphatic heterocycles. The lowest BCUT2D eigenvalue weighted by Gasteiger charge is -2.24. The molecule has 0 unspecified atom stereocenters. The van der Waals surface area contributed by atoms with Gasteiger partial charge in [0.25, 0.3) is 0 Å². The number of aliphatic hydroxyl groups excluding tert-OH is 1. The lowest BCUT2D eigenvalue weighted by atomic mass is 9.83. The van der Waals surface area contributed by atoms with Crippen molar-refractivity contribution >= 4 is 0 Å². The van der Waals surface area contributed by atoms with E-state index in [0.717, 1.165) is 16.9 Å². The van der Waals surface area contributed by atoms with Gasteiger partial charge in [0.15, 0.2) is 0 Å². The maximum absolute atomic E-state index is 9.25. The highest BCUT2D eigenvalue weighted by Crippen LogP contribution is 2.34. The topological polar surface area (TPSA) is 29.5 Å². The molecule has 0 saturated carbocycles. The molecule has 2 heteroatoms. The Balaban J connectivity index is 3.34. The Labute approximate surface area is 85.5 Å². The summed E-state index contributed by atoms with van der Waals surface area (Å²) in [5.74, 6) is 0.851. The van der Waals surface area contributed by atoms with Gasteiger partial charge in [-0.3, -0.25) is 0 Å². The summed E-state index contributed by atoms with van der Waals surface area (Å²) in [7, 11) is 1.66. The first-order valence-electron chi connectivity index (χ1n) is 4.78. The molecule has 1 aromatic rings. The van der Waals surface area contributed by atoms with E-state index in [-0.39, 0.29) is 12.0 Å².